The first-order valence-corrected chi connectivity index (χ1v) is 7.44. The summed E-state index contributed by atoms with van der Waals surface area (Å²) in [6, 6.07) is 7.92. The number of rotatable bonds is 3. The monoisotopic (exact) mass is 342 g/mol. The SMILES string of the molecule is COc1c(O)cc2oc(-c3ccc4c(c3)OCO4)cc(=O)c2c1OC. The first kappa shape index (κ1) is 15.2. The van der Waals surface area contributed by atoms with Gasteiger partial charge in [-0.2, -0.15) is 0 Å². The van der Waals surface area contributed by atoms with E-state index in [1.54, 1.807) is 18.2 Å². The van der Waals surface area contributed by atoms with Crippen molar-refractivity contribution < 1.29 is 28.5 Å². The van der Waals surface area contributed by atoms with Gasteiger partial charge in [0.1, 0.15) is 16.7 Å². The van der Waals surface area contributed by atoms with E-state index in [4.69, 9.17) is 23.4 Å². The number of hydrogen-bond acceptors (Lipinski definition) is 7. The number of ether oxygens (including phenoxy) is 4. The summed E-state index contributed by atoms with van der Waals surface area (Å²) < 4.78 is 26.8. The van der Waals surface area contributed by atoms with Crippen molar-refractivity contribution in [2.45, 2.75) is 0 Å². The fraction of sp³-hybridized carbons (Fsp3) is 0.167. The third-order valence-corrected chi connectivity index (χ3v) is 3.97. The molecule has 25 heavy (non-hydrogen) atoms. The normalized spacial score (nSPS) is 12.4. The number of benzene rings is 2. The van der Waals surface area contributed by atoms with E-state index in [1.165, 1.54) is 26.4 Å². The highest BCUT2D eigenvalue weighted by atomic mass is 16.7. The summed E-state index contributed by atoms with van der Waals surface area (Å²) in [7, 11) is 2.77. The molecule has 1 N–H and O–H groups in total. The van der Waals surface area contributed by atoms with Gasteiger partial charge in [0.05, 0.1) is 14.2 Å². The highest BCUT2D eigenvalue weighted by Crippen LogP contribution is 2.42. The van der Waals surface area contributed by atoms with Gasteiger partial charge in [-0.25, -0.2) is 0 Å². The van der Waals surface area contributed by atoms with E-state index >= 15 is 0 Å². The van der Waals surface area contributed by atoms with Crippen LogP contribution in [0.3, 0.4) is 0 Å². The summed E-state index contributed by atoms with van der Waals surface area (Å²) in [5.41, 5.74) is 0.525. The topological polar surface area (TPSA) is 87.4 Å². The minimum absolute atomic E-state index is 0.0816. The van der Waals surface area contributed by atoms with Crippen molar-refractivity contribution in [3.63, 3.8) is 0 Å². The van der Waals surface area contributed by atoms with Crippen LogP contribution in [0.5, 0.6) is 28.7 Å². The van der Waals surface area contributed by atoms with Gasteiger partial charge in [-0.15, -0.1) is 0 Å². The molecule has 4 rings (SSSR count). The predicted molar refractivity (Wildman–Crippen MR) is 88.8 cm³/mol. The number of methoxy groups -OCH3 is 2. The molecular formula is C18H14O7. The van der Waals surface area contributed by atoms with Crippen LogP contribution < -0.4 is 24.4 Å². The molecule has 1 aliphatic rings. The quantitative estimate of drug-likeness (QED) is 0.783. The van der Waals surface area contributed by atoms with Gasteiger partial charge in [0.15, 0.2) is 28.4 Å². The van der Waals surface area contributed by atoms with Gasteiger partial charge in [-0.3, -0.25) is 4.79 Å². The Morgan fingerprint density at radius 3 is 2.52 bits per heavy atom. The van der Waals surface area contributed by atoms with Crippen LogP contribution in [0.2, 0.25) is 0 Å². The maximum Gasteiger partial charge on any atom is 0.231 e. The van der Waals surface area contributed by atoms with Crippen molar-refractivity contribution in [3.05, 3.63) is 40.6 Å². The molecule has 0 saturated heterocycles. The Bertz CT molecular complexity index is 1040. The molecule has 7 heteroatoms. The fourth-order valence-corrected chi connectivity index (χ4v) is 2.84. The Hall–Kier alpha value is -3.35. The van der Waals surface area contributed by atoms with Crippen LogP contribution in [-0.2, 0) is 0 Å². The van der Waals surface area contributed by atoms with Crippen molar-refractivity contribution in [1.82, 2.24) is 0 Å². The largest absolute Gasteiger partial charge is 0.504 e. The van der Waals surface area contributed by atoms with E-state index < -0.39 is 0 Å². The average molecular weight is 342 g/mol. The zero-order valence-corrected chi connectivity index (χ0v) is 13.5. The molecule has 0 atom stereocenters. The fourth-order valence-electron chi connectivity index (χ4n) is 2.84. The molecule has 0 aliphatic carbocycles. The van der Waals surface area contributed by atoms with Gasteiger partial charge in [0.2, 0.25) is 12.5 Å². The van der Waals surface area contributed by atoms with Gasteiger partial charge in [-0.05, 0) is 18.2 Å². The second kappa shape index (κ2) is 5.62. The second-order valence-electron chi connectivity index (χ2n) is 5.38. The summed E-state index contributed by atoms with van der Waals surface area (Å²) in [6.45, 7) is 0.158. The van der Waals surface area contributed by atoms with Crippen molar-refractivity contribution in [2.24, 2.45) is 0 Å². The number of phenols is 1. The van der Waals surface area contributed by atoms with Gasteiger partial charge < -0.3 is 28.5 Å². The van der Waals surface area contributed by atoms with Crippen LogP contribution in [0.1, 0.15) is 0 Å². The molecule has 7 nitrogen and oxygen atoms in total. The average Bonchev–Trinajstić information content (AvgIpc) is 3.07. The van der Waals surface area contributed by atoms with E-state index in [1.807, 2.05) is 0 Å². The minimum Gasteiger partial charge on any atom is -0.504 e. The summed E-state index contributed by atoms with van der Waals surface area (Å²) >= 11 is 0. The lowest BCUT2D eigenvalue weighted by Crippen LogP contribution is -2.04. The number of hydrogen-bond donors (Lipinski definition) is 1. The lowest BCUT2D eigenvalue weighted by molar-refractivity contribution is 0.174. The van der Waals surface area contributed by atoms with E-state index in [9.17, 15) is 9.90 Å². The van der Waals surface area contributed by atoms with E-state index in [-0.39, 0.29) is 40.4 Å². The highest BCUT2D eigenvalue weighted by Gasteiger charge is 2.21. The summed E-state index contributed by atoms with van der Waals surface area (Å²) in [4.78, 5) is 12.6. The van der Waals surface area contributed by atoms with Gasteiger partial charge in [0.25, 0.3) is 0 Å². The molecular weight excluding hydrogens is 328 g/mol. The first-order valence-electron chi connectivity index (χ1n) is 7.44. The summed E-state index contributed by atoms with van der Waals surface area (Å²) in [6.07, 6.45) is 0. The van der Waals surface area contributed by atoms with Crippen LogP contribution in [0.25, 0.3) is 22.3 Å². The number of phenolic OH excluding ortho intramolecular Hbond substituents is 1. The molecule has 0 amide bonds. The third-order valence-electron chi connectivity index (χ3n) is 3.97. The van der Waals surface area contributed by atoms with Crippen LogP contribution in [-0.4, -0.2) is 26.1 Å². The molecule has 3 aromatic rings. The molecule has 2 heterocycles. The first-order chi connectivity index (χ1) is 12.1. The third kappa shape index (κ3) is 2.32. The van der Waals surface area contributed by atoms with Crippen molar-refractivity contribution in [1.29, 1.82) is 0 Å². The molecule has 2 aromatic carbocycles. The van der Waals surface area contributed by atoms with Gasteiger partial charge in [0, 0.05) is 17.7 Å². The predicted octanol–water partition coefficient (Wildman–Crippen LogP) is 2.91. The zero-order valence-electron chi connectivity index (χ0n) is 13.5. The molecule has 0 bridgehead atoms. The molecule has 1 aliphatic heterocycles. The van der Waals surface area contributed by atoms with E-state index in [0.717, 1.165) is 0 Å². The van der Waals surface area contributed by atoms with Crippen LogP contribution in [0.15, 0.2) is 39.5 Å². The Morgan fingerprint density at radius 2 is 1.76 bits per heavy atom. The number of fused-ring (bicyclic) bond motifs is 2. The van der Waals surface area contributed by atoms with Gasteiger partial charge in [-0.1, -0.05) is 0 Å². The highest BCUT2D eigenvalue weighted by molar-refractivity contribution is 5.90. The lowest BCUT2D eigenvalue weighted by Gasteiger charge is -2.12. The molecule has 0 fully saturated rings. The van der Waals surface area contributed by atoms with Crippen molar-refractivity contribution >= 4 is 11.0 Å². The van der Waals surface area contributed by atoms with Crippen LogP contribution in [0.4, 0.5) is 0 Å². The second-order valence-corrected chi connectivity index (χ2v) is 5.38. The maximum atomic E-state index is 12.6. The molecule has 0 unspecified atom stereocenters. The molecule has 0 saturated carbocycles. The molecule has 0 radical (unpaired) electrons. The molecule has 0 spiro atoms. The zero-order chi connectivity index (χ0) is 17.6. The Balaban J connectivity index is 1.95. The lowest BCUT2D eigenvalue weighted by atomic mass is 10.1. The van der Waals surface area contributed by atoms with Crippen molar-refractivity contribution in [2.75, 3.05) is 21.0 Å². The van der Waals surface area contributed by atoms with E-state index in [2.05, 4.69) is 0 Å². The maximum absolute atomic E-state index is 12.6. The Labute approximate surface area is 141 Å². The Kier molecular flexibility index (Phi) is 3.42. The molecule has 1 aromatic heterocycles. The van der Waals surface area contributed by atoms with Crippen LogP contribution >= 0.6 is 0 Å². The molecule has 128 valence electrons. The summed E-state index contributed by atoms with van der Waals surface area (Å²) in [5, 5.41) is 10.3. The van der Waals surface area contributed by atoms with Crippen LogP contribution in [0, 0.1) is 0 Å². The van der Waals surface area contributed by atoms with Crippen molar-refractivity contribution in [3.8, 4) is 40.1 Å². The number of aromatic hydroxyl groups is 1. The standard InChI is InChI=1S/C18H14O7/c1-21-17-11(20)7-15-16(18(17)22-2)10(19)6-13(25-15)9-3-4-12-14(5-9)24-8-23-12/h3-7,20H,8H2,1-2H3. The summed E-state index contributed by atoms with van der Waals surface area (Å²) in [5.74, 6) is 1.58. The minimum atomic E-state index is -0.316. The smallest absolute Gasteiger partial charge is 0.231 e. The van der Waals surface area contributed by atoms with Gasteiger partial charge >= 0.3 is 0 Å². The Morgan fingerprint density at radius 1 is 1.00 bits per heavy atom. The van der Waals surface area contributed by atoms with E-state index in [0.29, 0.717) is 22.8 Å².